The van der Waals surface area contributed by atoms with Gasteiger partial charge in [-0.15, -0.1) is 0 Å². The zero-order chi connectivity index (χ0) is 10.8. The van der Waals surface area contributed by atoms with Gasteiger partial charge >= 0.3 is 0 Å². The fourth-order valence-electron chi connectivity index (χ4n) is 3.45. The molecule has 2 aliphatic carbocycles. The molecule has 3 heteroatoms. The number of hydrogen-bond donors (Lipinski definition) is 0. The molecule has 0 N–H and O–H groups in total. The van der Waals surface area contributed by atoms with Crippen molar-refractivity contribution in [3.63, 3.8) is 0 Å². The summed E-state index contributed by atoms with van der Waals surface area (Å²) in [5.74, 6) is 1.32. The molecule has 0 aromatic carbocycles. The zero-order valence-corrected chi connectivity index (χ0v) is 8.56. The first kappa shape index (κ1) is 10.0. The molecule has 0 amide bonds. The summed E-state index contributed by atoms with van der Waals surface area (Å²) in [6.45, 7) is 0. The highest BCUT2D eigenvalue weighted by Gasteiger charge is 2.52. The van der Waals surface area contributed by atoms with Crippen molar-refractivity contribution < 1.29 is 0 Å². The maximum Gasteiger partial charge on any atom is 0.0662 e. The Morgan fingerprint density at radius 1 is 1.07 bits per heavy atom. The highest BCUT2D eigenvalue weighted by molar-refractivity contribution is 5.12. The number of fused-ring (bicyclic) bond motifs is 2. The van der Waals surface area contributed by atoms with Crippen molar-refractivity contribution in [2.75, 3.05) is 0 Å². The van der Waals surface area contributed by atoms with Crippen LogP contribution in [0.5, 0.6) is 0 Å². The molecule has 2 aliphatic rings. The molecule has 0 radical (unpaired) electrons. The van der Waals surface area contributed by atoms with Gasteiger partial charge in [0, 0.05) is 6.42 Å². The van der Waals surface area contributed by atoms with Crippen LogP contribution in [0.1, 0.15) is 25.7 Å². The second kappa shape index (κ2) is 3.92. The highest BCUT2D eigenvalue weighted by atomic mass is 14.6. The van der Waals surface area contributed by atoms with Gasteiger partial charge in [-0.05, 0) is 37.0 Å². The van der Waals surface area contributed by atoms with E-state index in [0.29, 0.717) is 18.3 Å². The van der Waals surface area contributed by atoms with Crippen LogP contribution in [0.2, 0.25) is 0 Å². The van der Waals surface area contributed by atoms with Gasteiger partial charge in [0.25, 0.3) is 0 Å². The zero-order valence-electron chi connectivity index (χ0n) is 8.56. The summed E-state index contributed by atoms with van der Waals surface area (Å²) in [5, 5.41) is 26.6. The summed E-state index contributed by atoms with van der Waals surface area (Å²) in [4.78, 5) is 0. The molecular weight excluding hydrogens is 186 g/mol. The molecule has 0 aliphatic heterocycles. The van der Waals surface area contributed by atoms with Gasteiger partial charge in [-0.3, -0.25) is 0 Å². The van der Waals surface area contributed by atoms with E-state index in [0.717, 1.165) is 19.3 Å². The quantitative estimate of drug-likeness (QED) is 0.684. The highest BCUT2D eigenvalue weighted by Crippen LogP contribution is 2.56. The van der Waals surface area contributed by atoms with E-state index >= 15 is 0 Å². The Hall–Kier alpha value is -1.53. The van der Waals surface area contributed by atoms with Gasteiger partial charge < -0.3 is 0 Å². The van der Waals surface area contributed by atoms with Crippen LogP contribution in [0.25, 0.3) is 0 Å². The van der Waals surface area contributed by atoms with Crippen molar-refractivity contribution in [1.82, 2.24) is 0 Å². The van der Waals surface area contributed by atoms with Crippen molar-refractivity contribution >= 4 is 0 Å². The number of hydrogen-bond acceptors (Lipinski definition) is 3. The van der Waals surface area contributed by atoms with Crippen molar-refractivity contribution in [1.29, 1.82) is 15.8 Å². The van der Waals surface area contributed by atoms with E-state index in [2.05, 4.69) is 18.2 Å². The normalized spacial score (nSPS) is 41.8. The molecule has 2 fully saturated rings. The lowest BCUT2D eigenvalue weighted by Gasteiger charge is -2.28. The Labute approximate surface area is 89.9 Å². The second-order valence-corrected chi connectivity index (χ2v) is 4.65. The Balaban J connectivity index is 2.09. The molecule has 2 bridgehead atoms. The first-order valence-corrected chi connectivity index (χ1v) is 5.48. The minimum atomic E-state index is 0.0294. The summed E-state index contributed by atoms with van der Waals surface area (Å²) in [6.07, 6.45) is 3.37. The summed E-state index contributed by atoms with van der Waals surface area (Å²) in [7, 11) is 0. The molecule has 0 aromatic rings. The average molecular weight is 199 g/mol. The monoisotopic (exact) mass is 199 g/mol. The van der Waals surface area contributed by atoms with E-state index in [9.17, 15) is 0 Å². The predicted octanol–water partition coefficient (Wildman–Crippen LogP) is 2.23. The molecule has 2 rings (SSSR count). The van der Waals surface area contributed by atoms with E-state index in [1.165, 1.54) is 0 Å². The summed E-state index contributed by atoms with van der Waals surface area (Å²) in [6, 6.07) is 6.83. The molecule has 3 nitrogen and oxygen atoms in total. The van der Waals surface area contributed by atoms with Gasteiger partial charge in [-0.25, -0.2) is 0 Å². The van der Waals surface area contributed by atoms with Crippen LogP contribution < -0.4 is 0 Å². The lowest BCUT2D eigenvalue weighted by molar-refractivity contribution is 0.225. The number of rotatable bonds is 2. The smallest absolute Gasteiger partial charge is 0.0662 e. The Kier molecular flexibility index (Phi) is 2.61. The average Bonchev–Trinajstić information content (AvgIpc) is 2.82. The number of nitriles is 3. The topological polar surface area (TPSA) is 71.4 Å². The van der Waals surface area contributed by atoms with Gasteiger partial charge in [0.2, 0.25) is 0 Å². The summed E-state index contributed by atoms with van der Waals surface area (Å²) >= 11 is 0. The van der Waals surface area contributed by atoms with Gasteiger partial charge in [0.15, 0.2) is 0 Å². The van der Waals surface area contributed by atoms with Crippen molar-refractivity contribution in [3.8, 4) is 18.2 Å². The van der Waals surface area contributed by atoms with E-state index in [-0.39, 0.29) is 17.8 Å². The molecule has 76 valence electrons. The molecule has 2 saturated carbocycles. The van der Waals surface area contributed by atoms with Crippen molar-refractivity contribution in [2.45, 2.75) is 25.7 Å². The van der Waals surface area contributed by atoms with Gasteiger partial charge in [0.1, 0.15) is 0 Å². The van der Waals surface area contributed by atoms with Crippen LogP contribution in [0.15, 0.2) is 0 Å². The van der Waals surface area contributed by atoms with Crippen LogP contribution in [-0.2, 0) is 0 Å². The van der Waals surface area contributed by atoms with E-state index in [1.807, 2.05) is 0 Å². The maximum atomic E-state index is 9.13. The van der Waals surface area contributed by atoms with Gasteiger partial charge in [0.05, 0.1) is 30.0 Å². The standard InChI is InChI=1S/C12H13N3/c13-3-1-2-10-8-4-9(6-14)11(5-8)12(10)7-15/h8-12H,1-2,4-5H2. The summed E-state index contributed by atoms with van der Waals surface area (Å²) < 4.78 is 0. The minimum absolute atomic E-state index is 0.0294. The SMILES string of the molecule is N#CCCC1C2CC(C#N)C(C2)C1C#N. The van der Waals surface area contributed by atoms with Gasteiger partial charge in [-0.1, -0.05) is 0 Å². The van der Waals surface area contributed by atoms with Gasteiger partial charge in [-0.2, -0.15) is 15.8 Å². The van der Waals surface area contributed by atoms with Crippen LogP contribution in [0.4, 0.5) is 0 Å². The fourth-order valence-corrected chi connectivity index (χ4v) is 3.45. The third kappa shape index (κ3) is 1.47. The minimum Gasteiger partial charge on any atom is -0.198 e. The fraction of sp³-hybridized carbons (Fsp3) is 0.750. The Bertz CT molecular complexity index is 368. The molecule has 0 spiro atoms. The molecule has 5 unspecified atom stereocenters. The molecule has 0 aromatic heterocycles. The molecular formula is C12H13N3. The van der Waals surface area contributed by atoms with Crippen molar-refractivity contribution in [3.05, 3.63) is 0 Å². The Morgan fingerprint density at radius 2 is 1.87 bits per heavy atom. The molecule has 5 atom stereocenters. The molecule has 15 heavy (non-hydrogen) atoms. The van der Waals surface area contributed by atoms with Crippen LogP contribution in [-0.4, -0.2) is 0 Å². The largest absolute Gasteiger partial charge is 0.198 e. The van der Waals surface area contributed by atoms with Crippen LogP contribution >= 0.6 is 0 Å². The predicted molar refractivity (Wildman–Crippen MR) is 52.8 cm³/mol. The molecule has 0 saturated heterocycles. The van der Waals surface area contributed by atoms with Crippen molar-refractivity contribution in [2.24, 2.45) is 29.6 Å². The number of nitrogens with zero attached hydrogens (tertiary/aromatic N) is 3. The Morgan fingerprint density at radius 3 is 2.47 bits per heavy atom. The van der Waals surface area contributed by atoms with Crippen LogP contribution in [0, 0.1) is 63.6 Å². The lowest BCUT2D eigenvalue weighted by atomic mass is 9.73. The summed E-state index contributed by atoms with van der Waals surface area (Å²) in [5.41, 5.74) is 0. The lowest BCUT2D eigenvalue weighted by Crippen LogP contribution is -2.26. The van der Waals surface area contributed by atoms with E-state index < -0.39 is 0 Å². The van der Waals surface area contributed by atoms with Crippen LogP contribution in [0.3, 0.4) is 0 Å². The van der Waals surface area contributed by atoms with E-state index in [1.54, 1.807) is 0 Å². The first-order valence-electron chi connectivity index (χ1n) is 5.48. The molecule has 0 heterocycles. The maximum absolute atomic E-state index is 9.13. The first-order chi connectivity index (χ1) is 7.31. The van der Waals surface area contributed by atoms with E-state index in [4.69, 9.17) is 15.8 Å². The second-order valence-electron chi connectivity index (χ2n) is 4.65. The third-order valence-electron chi connectivity index (χ3n) is 4.08. The third-order valence-corrected chi connectivity index (χ3v) is 4.08.